The SMILES string of the molecule is Cc1ccc(-c2noc(C(C)Sc3nnc(C(C)(C)C)n3N)n2)cc1F. The lowest BCUT2D eigenvalue weighted by atomic mass is 9.96. The van der Waals surface area contributed by atoms with Gasteiger partial charge in [-0.25, -0.2) is 9.07 Å². The molecule has 0 saturated heterocycles. The summed E-state index contributed by atoms with van der Waals surface area (Å²) in [6.07, 6.45) is 0. The zero-order valence-corrected chi connectivity index (χ0v) is 16.1. The zero-order chi connectivity index (χ0) is 19.1. The number of hydrogen-bond acceptors (Lipinski definition) is 7. The van der Waals surface area contributed by atoms with Crippen LogP contribution in [0.2, 0.25) is 0 Å². The topological polar surface area (TPSA) is 95.7 Å². The first-order chi connectivity index (χ1) is 12.2. The predicted molar refractivity (Wildman–Crippen MR) is 97.6 cm³/mol. The molecule has 1 aromatic carbocycles. The first kappa shape index (κ1) is 18.4. The fourth-order valence-corrected chi connectivity index (χ4v) is 3.13. The molecular formula is C17H21FN6OS. The molecule has 0 spiro atoms. The van der Waals surface area contributed by atoms with Crippen LogP contribution in [-0.2, 0) is 5.41 Å². The Hall–Kier alpha value is -2.42. The third-order valence-electron chi connectivity index (χ3n) is 3.84. The van der Waals surface area contributed by atoms with Gasteiger partial charge in [0.25, 0.3) is 0 Å². The molecule has 0 bridgehead atoms. The summed E-state index contributed by atoms with van der Waals surface area (Å²) in [5.41, 5.74) is 0.924. The standard InChI is InChI=1S/C17H21FN6OS/c1-9-6-7-11(8-12(9)18)13-20-14(25-23-13)10(2)26-16-22-21-15(24(16)19)17(3,4)5/h6-8,10H,19H2,1-5H3. The van der Waals surface area contributed by atoms with Gasteiger partial charge in [-0.05, 0) is 25.5 Å². The fourth-order valence-electron chi connectivity index (χ4n) is 2.33. The van der Waals surface area contributed by atoms with Crippen LogP contribution < -0.4 is 5.84 Å². The Labute approximate surface area is 155 Å². The van der Waals surface area contributed by atoms with Crippen molar-refractivity contribution in [2.45, 2.75) is 50.4 Å². The van der Waals surface area contributed by atoms with Crippen LogP contribution in [-0.4, -0.2) is 25.0 Å². The Bertz CT molecular complexity index is 930. The summed E-state index contributed by atoms with van der Waals surface area (Å²) < 4.78 is 20.6. The van der Waals surface area contributed by atoms with Gasteiger partial charge in [-0.2, -0.15) is 4.98 Å². The lowest BCUT2D eigenvalue weighted by Crippen LogP contribution is -2.24. The van der Waals surface area contributed by atoms with E-state index < -0.39 is 0 Å². The molecule has 2 aromatic heterocycles. The number of aromatic nitrogens is 5. The average molecular weight is 376 g/mol. The maximum absolute atomic E-state index is 13.7. The highest BCUT2D eigenvalue weighted by atomic mass is 32.2. The Kier molecular flexibility index (Phi) is 4.74. The number of nitrogens with zero attached hydrogens (tertiary/aromatic N) is 5. The van der Waals surface area contributed by atoms with Crippen LogP contribution in [0.3, 0.4) is 0 Å². The van der Waals surface area contributed by atoms with Gasteiger partial charge in [-0.15, -0.1) is 10.2 Å². The molecule has 0 fully saturated rings. The molecule has 0 saturated carbocycles. The summed E-state index contributed by atoms with van der Waals surface area (Å²) in [5.74, 6) is 7.24. The highest BCUT2D eigenvalue weighted by molar-refractivity contribution is 7.99. The van der Waals surface area contributed by atoms with Crippen molar-refractivity contribution >= 4 is 11.8 Å². The molecule has 3 aromatic rings. The molecule has 0 amide bonds. The first-order valence-corrected chi connectivity index (χ1v) is 9.02. The van der Waals surface area contributed by atoms with E-state index in [-0.39, 0.29) is 16.5 Å². The van der Waals surface area contributed by atoms with E-state index in [0.29, 0.717) is 33.8 Å². The highest BCUT2D eigenvalue weighted by Crippen LogP contribution is 2.34. The summed E-state index contributed by atoms with van der Waals surface area (Å²) in [7, 11) is 0. The van der Waals surface area contributed by atoms with Crippen molar-refractivity contribution < 1.29 is 8.91 Å². The van der Waals surface area contributed by atoms with Gasteiger partial charge in [-0.1, -0.05) is 49.8 Å². The predicted octanol–water partition coefficient (Wildman–Crippen LogP) is 3.64. The summed E-state index contributed by atoms with van der Waals surface area (Å²) in [6, 6.07) is 4.84. The maximum Gasteiger partial charge on any atom is 0.240 e. The second-order valence-electron chi connectivity index (χ2n) is 7.11. The molecule has 7 nitrogen and oxygen atoms in total. The summed E-state index contributed by atoms with van der Waals surface area (Å²) >= 11 is 1.37. The van der Waals surface area contributed by atoms with Crippen molar-refractivity contribution in [3.05, 3.63) is 41.3 Å². The average Bonchev–Trinajstić information content (AvgIpc) is 3.17. The third-order valence-corrected chi connectivity index (χ3v) is 4.88. The van der Waals surface area contributed by atoms with Crippen molar-refractivity contribution in [3.63, 3.8) is 0 Å². The molecule has 0 aliphatic carbocycles. The van der Waals surface area contributed by atoms with E-state index in [1.165, 1.54) is 22.5 Å². The van der Waals surface area contributed by atoms with Gasteiger partial charge in [0.15, 0.2) is 5.82 Å². The van der Waals surface area contributed by atoms with E-state index >= 15 is 0 Å². The van der Waals surface area contributed by atoms with Crippen LogP contribution in [0.4, 0.5) is 4.39 Å². The van der Waals surface area contributed by atoms with E-state index in [0.717, 1.165) is 0 Å². The number of thioether (sulfide) groups is 1. The Morgan fingerprint density at radius 2 is 2.00 bits per heavy atom. The largest absolute Gasteiger partial charge is 0.338 e. The fraction of sp³-hybridized carbons (Fsp3) is 0.412. The number of halogens is 1. The number of rotatable bonds is 4. The first-order valence-electron chi connectivity index (χ1n) is 8.14. The second kappa shape index (κ2) is 6.71. The van der Waals surface area contributed by atoms with Gasteiger partial charge in [-0.3, -0.25) is 0 Å². The summed E-state index contributed by atoms with van der Waals surface area (Å²) in [6.45, 7) is 9.66. The van der Waals surface area contributed by atoms with E-state index in [1.807, 2.05) is 27.7 Å². The van der Waals surface area contributed by atoms with Crippen molar-refractivity contribution in [2.24, 2.45) is 0 Å². The number of hydrogen-bond donors (Lipinski definition) is 1. The molecule has 1 atom stereocenters. The van der Waals surface area contributed by atoms with Crippen LogP contribution >= 0.6 is 11.8 Å². The molecule has 0 aliphatic rings. The van der Waals surface area contributed by atoms with Crippen LogP contribution in [0.1, 0.15) is 50.2 Å². The second-order valence-corrected chi connectivity index (χ2v) is 8.41. The Morgan fingerprint density at radius 1 is 1.27 bits per heavy atom. The lowest BCUT2D eigenvalue weighted by Gasteiger charge is -2.16. The van der Waals surface area contributed by atoms with Crippen LogP contribution in [0, 0.1) is 12.7 Å². The number of aryl methyl sites for hydroxylation is 1. The lowest BCUT2D eigenvalue weighted by molar-refractivity contribution is 0.380. The van der Waals surface area contributed by atoms with Gasteiger partial charge in [0.1, 0.15) is 5.82 Å². The highest BCUT2D eigenvalue weighted by Gasteiger charge is 2.25. The molecule has 0 radical (unpaired) electrons. The maximum atomic E-state index is 13.7. The molecule has 2 heterocycles. The van der Waals surface area contributed by atoms with Crippen molar-refractivity contribution in [2.75, 3.05) is 5.84 Å². The number of benzene rings is 1. The van der Waals surface area contributed by atoms with E-state index in [4.69, 9.17) is 10.4 Å². The Morgan fingerprint density at radius 3 is 2.62 bits per heavy atom. The molecule has 1 unspecified atom stereocenters. The van der Waals surface area contributed by atoms with Gasteiger partial charge in [0, 0.05) is 11.0 Å². The minimum atomic E-state index is -0.304. The van der Waals surface area contributed by atoms with E-state index in [2.05, 4.69) is 20.3 Å². The minimum Gasteiger partial charge on any atom is -0.338 e. The molecular weight excluding hydrogens is 355 g/mol. The Balaban J connectivity index is 1.79. The smallest absolute Gasteiger partial charge is 0.240 e. The monoisotopic (exact) mass is 376 g/mol. The zero-order valence-electron chi connectivity index (χ0n) is 15.3. The normalized spacial score (nSPS) is 13.2. The van der Waals surface area contributed by atoms with Crippen LogP contribution in [0.25, 0.3) is 11.4 Å². The molecule has 3 rings (SSSR count). The molecule has 9 heteroatoms. The number of nitrogens with two attached hydrogens (primary N) is 1. The quantitative estimate of drug-likeness (QED) is 0.548. The number of nitrogen functional groups attached to an aromatic ring is 1. The van der Waals surface area contributed by atoms with Crippen LogP contribution in [0.15, 0.2) is 27.9 Å². The van der Waals surface area contributed by atoms with Crippen molar-refractivity contribution in [3.8, 4) is 11.4 Å². The van der Waals surface area contributed by atoms with E-state index in [9.17, 15) is 4.39 Å². The van der Waals surface area contributed by atoms with Crippen molar-refractivity contribution in [1.29, 1.82) is 0 Å². The minimum absolute atomic E-state index is 0.189. The summed E-state index contributed by atoms with van der Waals surface area (Å²) in [5, 5.41) is 12.6. The van der Waals surface area contributed by atoms with E-state index in [1.54, 1.807) is 19.1 Å². The third kappa shape index (κ3) is 3.57. The molecule has 26 heavy (non-hydrogen) atoms. The molecule has 0 aliphatic heterocycles. The van der Waals surface area contributed by atoms with Gasteiger partial charge in [0.2, 0.25) is 16.9 Å². The molecule has 2 N–H and O–H groups in total. The van der Waals surface area contributed by atoms with Crippen molar-refractivity contribution in [1.82, 2.24) is 25.0 Å². The van der Waals surface area contributed by atoms with Gasteiger partial charge in [0.05, 0.1) is 5.25 Å². The molecule has 138 valence electrons. The van der Waals surface area contributed by atoms with Gasteiger partial charge < -0.3 is 10.4 Å². The van der Waals surface area contributed by atoms with Crippen LogP contribution in [0.5, 0.6) is 0 Å². The summed E-state index contributed by atoms with van der Waals surface area (Å²) in [4.78, 5) is 4.37. The van der Waals surface area contributed by atoms with Gasteiger partial charge >= 0.3 is 0 Å².